The Morgan fingerprint density at radius 1 is 1.53 bits per heavy atom. The van der Waals surface area contributed by atoms with Gasteiger partial charge in [0.2, 0.25) is 0 Å². The SMILES string of the molecule is CCCn1ccnc1CC(NN)C1SCCSC1C. The molecule has 0 amide bonds. The van der Waals surface area contributed by atoms with Gasteiger partial charge in [0.1, 0.15) is 5.82 Å². The van der Waals surface area contributed by atoms with Crippen LogP contribution in [0.2, 0.25) is 0 Å². The molecule has 0 bridgehead atoms. The highest BCUT2D eigenvalue weighted by Gasteiger charge is 2.30. The lowest BCUT2D eigenvalue weighted by atomic mass is 10.1. The number of hydrogen-bond acceptors (Lipinski definition) is 5. The van der Waals surface area contributed by atoms with E-state index in [9.17, 15) is 0 Å². The molecule has 1 saturated heterocycles. The summed E-state index contributed by atoms with van der Waals surface area (Å²) in [6, 6.07) is 0.297. The molecular formula is C13H24N4S2. The van der Waals surface area contributed by atoms with Gasteiger partial charge in [0.25, 0.3) is 0 Å². The van der Waals surface area contributed by atoms with Gasteiger partial charge < -0.3 is 4.57 Å². The van der Waals surface area contributed by atoms with Gasteiger partial charge in [-0.15, -0.1) is 0 Å². The summed E-state index contributed by atoms with van der Waals surface area (Å²) in [5.74, 6) is 9.42. The smallest absolute Gasteiger partial charge is 0.110 e. The van der Waals surface area contributed by atoms with Crippen molar-refractivity contribution in [2.45, 2.75) is 49.8 Å². The molecular weight excluding hydrogens is 276 g/mol. The average Bonchev–Trinajstić information content (AvgIpc) is 2.85. The quantitative estimate of drug-likeness (QED) is 0.621. The minimum atomic E-state index is 0.297. The van der Waals surface area contributed by atoms with Crippen LogP contribution in [0.3, 0.4) is 0 Å². The number of rotatable bonds is 6. The van der Waals surface area contributed by atoms with Crippen LogP contribution in [0.4, 0.5) is 0 Å². The van der Waals surface area contributed by atoms with Gasteiger partial charge in [-0.3, -0.25) is 11.3 Å². The van der Waals surface area contributed by atoms with Gasteiger partial charge >= 0.3 is 0 Å². The van der Waals surface area contributed by atoms with E-state index in [1.165, 1.54) is 11.5 Å². The van der Waals surface area contributed by atoms with Crippen molar-refractivity contribution in [3.8, 4) is 0 Å². The Balaban J connectivity index is 2.03. The van der Waals surface area contributed by atoms with Crippen LogP contribution in [0.25, 0.3) is 0 Å². The standard InChI is InChI=1S/C13H24N4S2/c1-3-5-17-6-4-15-12(17)9-11(16-14)13-10(2)18-7-8-19-13/h4,6,10-11,13,16H,3,5,7-9,14H2,1-2H3. The lowest BCUT2D eigenvalue weighted by Crippen LogP contribution is -2.49. The lowest BCUT2D eigenvalue weighted by molar-refractivity contribution is 0.478. The van der Waals surface area contributed by atoms with E-state index in [1.807, 2.05) is 18.0 Å². The van der Waals surface area contributed by atoms with Gasteiger partial charge in [-0.25, -0.2) is 4.98 Å². The normalized spacial score (nSPS) is 25.4. The number of aryl methyl sites for hydroxylation is 1. The van der Waals surface area contributed by atoms with Gasteiger partial charge in [0.15, 0.2) is 0 Å². The Hall–Kier alpha value is -0.170. The number of nitrogens with two attached hydrogens (primary N) is 1. The second kappa shape index (κ2) is 7.57. The van der Waals surface area contributed by atoms with Gasteiger partial charge in [0, 0.05) is 53.4 Å². The van der Waals surface area contributed by atoms with Crippen molar-refractivity contribution in [1.82, 2.24) is 15.0 Å². The first-order chi connectivity index (χ1) is 9.26. The Morgan fingerprint density at radius 2 is 2.32 bits per heavy atom. The molecule has 0 spiro atoms. The van der Waals surface area contributed by atoms with Gasteiger partial charge in [-0.1, -0.05) is 13.8 Å². The van der Waals surface area contributed by atoms with Crippen LogP contribution in [0.1, 0.15) is 26.1 Å². The molecule has 1 aromatic rings. The Morgan fingerprint density at radius 3 is 3.00 bits per heavy atom. The monoisotopic (exact) mass is 300 g/mol. The van der Waals surface area contributed by atoms with Crippen molar-refractivity contribution in [2.24, 2.45) is 5.84 Å². The molecule has 3 N–H and O–H groups in total. The molecule has 19 heavy (non-hydrogen) atoms. The summed E-state index contributed by atoms with van der Waals surface area (Å²) in [5, 5.41) is 1.21. The van der Waals surface area contributed by atoms with Crippen molar-refractivity contribution >= 4 is 23.5 Å². The maximum absolute atomic E-state index is 5.80. The Bertz CT molecular complexity index is 382. The van der Waals surface area contributed by atoms with Gasteiger partial charge in [-0.2, -0.15) is 23.5 Å². The summed E-state index contributed by atoms with van der Waals surface area (Å²) >= 11 is 4.10. The van der Waals surface area contributed by atoms with Crippen LogP contribution in [0.5, 0.6) is 0 Å². The van der Waals surface area contributed by atoms with Crippen molar-refractivity contribution in [3.05, 3.63) is 18.2 Å². The molecule has 1 fully saturated rings. The van der Waals surface area contributed by atoms with Gasteiger partial charge in [0.05, 0.1) is 0 Å². The minimum absolute atomic E-state index is 0.297. The van der Waals surface area contributed by atoms with Crippen LogP contribution in [0.15, 0.2) is 12.4 Å². The van der Waals surface area contributed by atoms with E-state index in [1.54, 1.807) is 0 Å². The highest BCUT2D eigenvalue weighted by molar-refractivity contribution is 8.07. The zero-order valence-corrected chi connectivity index (χ0v) is 13.3. The molecule has 4 nitrogen and oxygen atoms in total. The first-order valence-corrected chi connectivity index (χ1v) is 9.05. The number of aromatic nitrogens is 2. The first-order valence-electron chi connectivity index (χ1n) is 6.95. The van der Waals surface area contributed by atoms with E-state index < -0.39 is 0 Å². The second-order valence-electron chi connectivity index (χ2n) is 4.93. The van der Waals surface area contributed by atoms with Gasteiger partial charge in [-0.05, 0) is 6.42 Å². The number of nitrogens with zero attached hydrogens (tertiary/aromatic N) is 2. The van der Waals surface area contributed by atoms with E-state index in [-0.39, 0.29) is 0 Å². The second-order valence-corrected chi connectivity index (χ2v) is 7.70. The zero-order valence-electron chi connectivity index (χ0n) is 11.7. The molecule has 108 valence electrons. The summed E-state index contributed by atoms with van der Waals surface area (Å²) < 4.78 is 2.25. The molecule has 3 atom stereocenters. The molecule has 1 aliphatic rings. The average molecular weight is 300 g/mol. The highest BCUT2D eigenvalue weighted by atomic mass is 32.2. The third kappa shape index (κ3) is 3.90. The number of thioether (sulfide) groups is 2. The molecule has 0 saturated carbocycles. The number of hydrogen-bond donors (Lipinski definition) is 2. The number of nitrogens with one attached hydrogen (secondary N) is 1. The number of imidazole rings is 1. The maximum atomic E-state index is 5.80. The van der Waals surface area contributed by atoms with Crippen LogP contribution in [-0.2, 0) is 13.0 Å². The van der Waals surface area contributed by atoms with Crippen LogP contribution in [0, 0.1) is 0 Å². The van der Waals surface area contributed by atoms with E-state index in [0.29, 0.717) is 16.5 Å². The fourth-order valence-electron chi connectivity index (χ4n) is 2.53. The van der Waals surface area contributed by atoms with Crippen molar-refractivity contribution < 1.29 is 0 Å². The highest BCUT2D eigenvalue weighted by Crippen LogP contribution is 2.33. The maximum Gasteiger partial charge on any atom is 0.110 e. The predicted molar refractivity (Wildman–Crippen MR) is 85.5 cm³/mol. The fraction of sp³-hybridized carbons (Fsp3) is 0.769. The van der Waals surface area contributed by atoms with E-state index in [0.717, 1.165) is 25.2 Å². The van der Waals surface area contributed by atoms with Crippen LogP contribution in [-0.4, -0.2) is 37.6 Å². The van der Waals surface area contributed by atoms with Crippen LogP contribution >= 0.6 is 23.5 Å². The Labute approximate surface area is 124 Å². The molecule has 0 aliphatic carbocycles. The zero-order chi connectivity index (χ0) is 13.7. The molecule has 2 heterocycles. The molecule has 1 aliphatic heterocycles. The van der Waals surface area contributed by atoms with Crippen LogP contribution < -0.4 is 11.3 Å². The predicted octanol–water partition coefficient (Wildman–Crippen LogP) is 1.90. The number of hydrazine groups is 1. The van der Waals surface area contributed by atoms with Crippen molar-refractivity contribution in [3.63, 3.8) is 0 Å². The Kier molecular flexibility index (Phi) is 6.06. The first kappa shape index (κ1) is 15.2. The fourth-order valence-corrected chi connectivity index (χ4v) is 5.48. The summed E-state index contributed by atoms with van der Waals surface area (Å²) in [6.07, 6.45) is 6.00. The summed E-state index contributed by atoms with van der Waals surface area (Å²) in [5.41, 5.74) is 3.02. The van der Waals surface area contributed by atoms with Crippen molar-refractivity contribution in [2.75, 3.05) is 11.5 Å². The third-order valence-electron chi connectivity index (χ3n) is 3.52. The van der Waals surface area contributed by atoms with Crippen molar-refractivity contribution in [1.29, 1.82) is 0 Å². The topological polar surface area (TPSA) is 55.9 Å². The van der Waals surface area contributed by atoms with E-state index in [4.69, 9.17) is 5.84 Å². The molecule has 6 heteroatoms. The molecule has 0 aromatic carbocycles. The molecule has 0 radical (unpaired) electrons. The molecule has 3 unspecified atom stereocenters. The summed E-state index contributed by atoms with van der Waals surface area (Å²) in [7, 11) is 0. The van der Waals surface area contributed by atoms with E-state index in [2.05, 4.69) is 46.8 Å². The molecule has 2 rings (SSSR count). The largest absolute Gasteiger partial charge is 0.335 e. The summed E-state index contributed by atoms with van der Waals surface area (Å²) in [6.45, 7) is 5.54. The minimum Gasteiger partial charge on any atom is -0.335 e. The summed E-state index contributed by atoms with van der Waals surface area (Å²) in [4.78, 5) is 4.49. The van der Waals surface area contributed by atoms with E-state index >= 15 is 0 Å². The lowest BCUT2D eigenvalue weighted by Gasteiger charge is -2.34. The third-order valence-corrected chi connectivity index (χ3v) is 6.77. The molecule has 1 aromatic heterocycles.